The van der Waals surface area contributed by atoms with Gasteiger partial charge in [0.2, 0.25) is 5.91 Å². The number of fused-ring (bicyclic) bond motifs is 1. The standard InChI is InChI=1S/C18H17N3O/c1-12-15-5-3-4-6-17(15)20-13(2)16(12)11-18(22)21-14-7-9-19-10-8-14/h3-10H,11H2,1-2H3,(H,19,21,22). The Hall–Kier alpha value is -2.75. The minimum absolute atomic E-state index is 0.0468. The van der Waals surface area contributed by atoms with E-state index in [1.54, 1.807) is 24.5 Å². The topological polar surface area (TPSA) is 54.9 Å². The van der Waals surface area contributed by atoms with Crippen molar-refractivity contribution in [2.45, 2.75) is 20.3 Å². The summed E-state index contributed by atoms with van der Waals surface area (Å²) >= 11 is 0. The highest BCUT2D eigenvalue weighted by Gasteiger charge is 2.13. The number of carbonyl (C=O) groups excluding carboxylic acids is 1. The smallest absolute Gasteiger partial charge is 0.228 e. The van der Waals surface area contributed by atoms with Crippen LogP contribution >= 0.6 is 0 Å². The highest BCUT2D eigenvalue weighted by Crippen LogP contribution is 2.23. The van der Waals surface area contributed by atoms with E-state index in [-0.39, 0.29) is 5.91 Å². The number of pyridine rings is 2. The van der Waals surface area contributed by atoms with E-state index in [4.69, 9.17) is 0 Å². The molecule has 0 unspecified atom stereocenters. The minimum Gasteiger partial charge on any atom is -0.326 e. The van der Waals surface area contributed by atoms with Gasteiger partial charge in [-0.25, -0.2) is 0 Å². The number of anilines is 1. The molecule has 0 atom stereocenters. The number of aromatic nitrogens is 2. The Balaban J connectivity index is 1.89. The number of nitrogens with zero attached hydrogens (tertiary/aromatic N) is 2. The third kappa shape index (κ3) is 2.81. The zero-order valence-corrected chi connectivity index (χ0v) is 12.6. The van der Waals surface area contributed by atoms with Crippen molar-refractivity contribution < 1.29 is 4.79 Å². The zero-order chi connectivity index (χ0) is 15.5. The third-order valence-electron chi connectivity index (χ3n) is 3.79. The van der Waals surface area contributed by atoms with E-state index in [0.29, 0.717) is 6.42 Å². The highest BCUT2D eigenvalue weighted by atomic mass is 16.1. The molecule has 3 rings (SSSR count). The van der Waals surface area contributed by atoms with E-state index < -0.39 is 0 Å². The Morgan fingerprint density at radius 1 is 1.09 bits per heavy atom. The lowest BCUT2D eigenvalue weighted by atomic mass is 9.99. The molecule has 0 aliphatic carbocycles. The molecule has 4 nitrogen and oxygen atoms in total. The maximum atomic E-state index is 12.3. The summed E-state index contributed by atoms with van der Waals surface area (Å²) in [5, 5.41) is 3.98. The van der Waals surface area contributed by atoms with Gasteiger partial charge in [-0.2, -0.15) is 0 Å². The van der Waals surface area contributed by atoms with Crippen LogP contribution in [0.25, 0.3) is 10.9 Å². The fraction of sp³-hybridized carbons (Fsp3) is 0.167. The summed E-state index contributed by atoms with van der Waals surface area (Å²) < 4.78 is 0. The van der Waals surface area contributed by atoms with Crippen LogP contribution in [0.2, 0.25) is 0 Å². The first-order valence-electron chi connectivity index (χ1n) is 7.20. The predicted octanol–water partition coefficient (Wildman–Crippen LogP) is 3.43. The molecule has 110 valence electrons. The van der Waals surface area contributed by atoms with E-state index in [9.17, 15) is 4.79 Å². The van der Waals surface area contributed by atoms with Crippen molar-refractivity contribution in [1.29, 1.82) is 0 Å². The fourth-order valence-corrected chi connectivity index (χ4v) is 2.63. The van der Waals surface area contributed by atoms with Gasteiger partial charge in [-0.3, -0.25) is 14.8 Å². The van der Waals surface area contributed by atoms with Crippen LogP contribution in [0.5, 0.6) is 0 Å². The molecule has 0 saturated carbocycles. The monoisotopic (exact) mass is 291 g/mol. The van der Waals surface area contributed by atoms with E-state index in [0.717, 1.165) is 33.4 Å². The first-order chi connectivity index (χ1) is 10.6. The molecular weight excluding hydrogens is 274 g/mol. The second-order valence-electron chi connectivity index (χ2n) is 5.28. The number of benzene rings is 1. The Morgan fingerprint density at radius 3 is 2.59 bits per heavy atom. The second-order valence-corrected chi connectivity index (χ2v) is 5.28. The number of rotatable bonds is 3. The van der Waals surface area contributed by atoms with Crippen molar-refractivity contribution in [3.05, 3.63) is 65.6 Å². The van der Waals surface area contributed by atoms with Gasteiger partial charge in [-0.1, -0.05) is 18.2 Å². The normalized spacial score (nSPS) is 10.6. The van der Waals surface area contributed by atoms with Crippen molar-refractivity contribution in [3.63, 3.8) is 0 Å². The molecule has 1 aromatic carbocycles. The molecule has 3 aromatic rings. The molecule has 2 aromatic heterocycles. The van der Waals surface area contributed by atoms with Crippen LogP contribution in [0.15, 0.2) is 48.8 Å². The Bertz CT molecular complexity index is 828. The maximum Gasteiger partial charge on any atom is 0.228 e. The first-order valence-corrected chi connectivity index (χ1v) is 7.20. The van der Waals surface area contributed by atoms with Crippen LogP contribution in [-0.4, -0.2) is 15.9 Å². The number of nitrogens with one attached hydrogen (secondary N) is 1. The van der Waals surface area contributed by atoms with E-state index in [1.165, 1.54) is 0 Å². The summed E-state index contributed by atoms with van der Waals surface area (Å²) in [4.78, 5) is 20.8. The molecule has 2 heterocycles. The van der Waals surface area contributed by atoms with Gasteiger partial charge in [-0.05, 0) is 43.2 Å². The average Bonchev–Trinajstić information content (AvgIpc) is 2.52. The molecule has 0 aliphatic rings. The lowest BCUT2D eigenvalue weighted by molar-refractivity contribution is -0.115. The SMILES string of the molecule is Cc1nc2ccccc2c(C)c1CC(=O)Nc1ccncc1. The van der Waals surface area contributed by atoms with E-state index >= 15 is 0 Å². The molecule has 0 bridgehead atoms. The van der Waals surface area contributed by atoms with Crippen molar-refractivity contribution in [3.8, 4) is 0 Å². The van der Waals surface area contributed by atoms with Gasteiger partial charge in [-0.15, -0.1) is 0 Å². The largest absolute Gasteiger partial charge is 0.326 e. The lowest BCUT2D eigenvalue weighted by Crippen LogP contribution is -2.16. The van der Waals surface area contributed by atoms with Crippen molar-refractivity contribution in [1.82, 2.24) is 9.97 Å². The van der Waals surface area contributed by atoms with Crippen LogP contribution in [0.4, 0.5) is 5.69 Å². The summed E-state index contributed by atoms with van der Waals surface area (Å²) in [6, 6.07) is 11.6. The molecule has 0 fully saturated rings. The van der Waals surface area contributed by atoms with Gasteiger partial charge in [0.1, 0.15) is 0 Å². The summed E-state index contributed by atoms with van der Waals surface area (Å²) in [5.74, 6) is -0.0468. The van der Waals surface area contributed by atoms with Crippen LogP contribution in [0.3, 0.4) is 0 Å². The molecule has 0 aliphatic heterocycles. The number of amides is 1. The molecule has 1 amide bonds. The zero-order valence-electron chi connectivity index (χ0n) is 12.6. The highest BCUT2D eigenvalue weighted by molar-refractivity contribution is 5.93. The van der Waals surface area contributed by atoms with Crippen LogP contribution in [0, 0.1) is 13.8 Å². The molecule has 0 saturated heterocycles. The van der Waals surface area contributed by atoms with Gasteiger partial charge >= 0.3 is 0 Å². The summed E-state index contributed by atoms with van der Waals surface area (Å²) in [5.41, 5.74) is 4.74. The predicted molar refractivity (Wildman–Crippen MR) is 87.8 cm³/mol. The third-order valence-corrected chi connectivity index (χ3v) is 3.79. The lowest BCUT2D eigenvalue weighted by Gasteiger charge is -2.12. The number of hydrogen-bond acceptors (Lipinski definition) is 3. The quantitative estimate of drug-likeness (QED) is 0.804. The molecule has 22 heavy (non-hydrogen) atoms. The maximum absolute atomic E-state index is 12.3. The number of aryl methyl sites for hydroxylation is 2. The number of para-hydroxylation sites is 1. The molecule has 0 spiro atoms. The van der Waals surface area contributed by atoms with Gasteiger partial charge in [0.15, 0.2) is 0 Å². The van der Waals surface area contributed by atoms with Crippen molar-refractivity contribution in [2.24, 2.45) is 0 Å². The second kappa shape index (κ2) is 5.93. The van der Waals surface area contributed by atoms with Gasteiger partial charge in [0.25, 0.3) is 0 Å². The van der Waals surface area contributed by atoms with Crippen molar-refractivity contribution in [2.75, 3.05) is 5.32 Å². The average molecular weight is 291 g/mol. The van der Waals surface area contributed by atoms with Gasteiger partial charge < -0.3 is 5.32 Å². The fourth-order valence-electron chi connectivity index (χ4n) is 2.63. The number of carbonyl (C=O) groups is 1. The Labute approximate surface area is 129 Å². The van der Waals surface area contributed by atoms with Crippen LogP contribution in [-0.2, 0) is 11.2 Å². The molecule has 4 heteroatoms. The summed E-state index contributed by atoms with van der Waals surface area (Å²) in [6.07, 6.45) is 3.63. The Kier molecular flexibility index (Phi) is 3.83. The molecule has 0 radical (unpaired) electrons. The van der Waals surface area contributed by atoms with Gasteiger partial charge in [0, 0.05) is 29.2 Å². The number of hydrogen-bond donors (Lipinski definition) is 1. The van der Waals surface area contributed by atoms with E-state index in [1.807, 2.05) is 38.1 Å². The van der Waals surface area contributed by atoms with Gasteiger partial charge in [0.05, 0.1) is 11.9 Å². The Morgan fingerprint density at radius 2 is 1.82 bits per heavy atom. The first kappa shape index (κ1) is 14.2. The minimum atomic E-state index is -0.0468. The van der Waals surface area contributed by atoms with E-state index in [2.05, 4.69) is 15.3 Å². The molecular formula is C18H17N3O. The van der Waals surface area contributed by atoms with Crippen LogP contribution < -0.4 is 5.32 Å². The molecule has 1 N–H and O–H groups in total. The summed E-state index contributed by atoms with van der Waals surface area (Å²) in [6.45, 7) is 4.00. The summed E-state index contributed by atoms with van der Waals surface area (Å²) in [7, 11) is 0. The van der Waals surface area contributed by atoms with Crippen molar-refractivity contribution >= 4 is 22.5 Å². The van der Waals surface area contributed by atoms with Crippen LogP contribution in [0.1, 0.15) is 16.8 Å².